The van der Waals surface area contributed by atoms with Crippen molar-refractivity contribution in [3.05, 3.63) is 58.7 Å². The normalized spacial score (nSPS) is 10.7. The first-order valence-corrected chi connectivity index (χ1v) is 20.2. The Morgan fingerprint density at radius 1 is 0.585 bits per heavy atom. The summed E-state index contributed by atoms with van der Waals surface area (Å²) in [6, 6.07) is 12.3. The van der Waals surface area contributed by atoms with Crippen molar-refractivity contribution in [3.63, 3.8) is 0 Å². The van der Waals surface area contributed by atoms with Crippen LogP contribution in [0.2, 0.25) is 0 Å². The zero-order chi connectivity index (χ0) is 39.6. The lowest BCUT2D eigenvalue weighted by atomic mass is 10.0. The lowest BCUT2D eigenvalue weighted by Crippen LogP contribution is -2.48. The molecule has 0 fully saturated rings. The molecule has 310 valence electrons. The van der Waals surface area contributed by atoms with E-state index in [1.807, 2.05) is 66.1 Å². The third-order valence-corrected chi connectivity index (χ3v) is 8.46. The van der Waals surface area contributed by atoms with Gasteiger partial charge in [-0.2, -0.15) is 4.79 Å². The molecule has 0 saturated heterocycles. The fourth-order valence-corrected chi connectivity index (χ4v) is 5.17. The van der Waals surface area contributed by atoms with Crippen molar-refractivity contribution in [3.8, 4) is 11.5 Å². The monoisotopic (exact) mass is 787 g/mol. The summed E-state index contributed by atoms with van der Waals surface area (Å²) in [4.78, 5) is 25.6. The SMILES string of the molecule is CC.CCC.CCC.Cc1ccc(C(C)C)cc1OC(=O)C[N+](C)(C)CCCCCCCCCC[N+](C)(C)C(=O)Oc1cc(C(C)C)ccc1C.Cl.Cl. The van der Waals surface area contributed by atoms with Crippen molar-refractivity contribution in [2.45, 2.75) is 159 Å². The highest BCUT2D eigenvalue weighted by molar-refractivity contribution is 5.85. The van der Waals surface area contributed by atoms with Crippen LogP contribution in [0.5, 0.6) is 11.5 Å². The van der Waals surface area contributed by atoms with E-state index in [-0.39, 0.29) is 41.4 Å². The Balaban J connectivity index is -0.00000110. The summed E-state index contributed by atoms with van der Waals surface area (Å²) < 4.78 is 12.5. The van der Waals surface area contributed by atoms with Crippen LogP contribution in [0.15, 0.2) is 36.4 Å². The number of carbonyl (C=O) groups excluding carboxylic acids is 2. The highest BCUT2D eigenvalue weighted by atomic mass is 35.5. The average Bonchev–Trinajstić information content (AvgIpc) is 3.05. The van der Waals surface area contributed by atoms with Gasteiger partial charge >= 0.3 is 12.1 Å². The number of halogens is 2. The van der Waals surface area contributed by atoms with E-state index < -0.39 is 0 Å². The number of esters is 1. The first-order valence-electron chi connectivity index (χ1n) is 20.2. The summed E-state index contributed by atoms with van der Waals surface area (Å²) in [7, 11) is 8.10. The molecule has 0 atom stereocenters. The fraction of sp³-hybridized carbons (Fsp3) is 0.689. The number of rotatable bonds is 17. The van der Waals surface area contributed by atoms with E-state index in [0.29, 0.717) is 34.4 Å². The van der Waals surface area contributed by atoms with Gasteiger partial charge in [-0.3, -0.25) is 0 Å². The molecule has 2 rings (SSSR count). The predicted octanol–water partition coefficient (Wildman–Crippen LogP) is 13.6. The molecule has 0 saturated carbocycles. The quantitative estimate of drug-likeness (QED) is 0.0693. The van der Waals surface area contributed by atoms with Gasteiger partial charge in [-0.25, -0.2) is 9.28 Å². The Labute approximate surface area is 340 Å². The molecule has 0 aliphatic carbocycles. The maximum atomic E-state index is 12.9. The maximum Gasteiger partial charge on any atom is 0.521 e. The van der Waals surface area contributed by atoms with Crippen LogP contribution >= 0.6 is 24.8 Å². The molecule has 6 nitrogen and oxygen atoms in total. The van der Waals surface area contributed by atoms with Crippen LogP contribution in [0.4, 0.5) is 4.79 Å². The summed E-state index contributed by atoms with van der Waals surface area (Å²) in [6.07, 6.45) is 11.6. The molecule has 1 amide bonds. The molecular formula is C45H84Cl2N2O4+2. The standard InChI is InChI=1S/C37H60N2O4.2C3H8.C2H6.2ClH/c1-28(2)32-21-19-30(5)34(25-32)42-36(40)27-38(7,8)23-17-15-13-11-12-14-16-18-24-39(9,10)37(41)43-35-26-33(29(3)4)22-20-31(35)6;2*1-3-2;1-2;;/h19-22,25-26,28-29H,11-18,23-24,27H2,1-10H3;2*3H2,1-2H3;1-2H3;2*1H/q+2;;;;;. The highest BCUT2D eigenvalue weighted by Crippen LogP contribution is 2.26. The van der Waals surface area contributed by atoms with Crippen LogP contribution in [-0.4, -0.2) is 68.9 Å². The van der Waals surface area contributed by atoms with Crippen LogP contribution in [0.1, 0.15) is 168 Å². The van der Waals surface area contributed by atoms with Gasteiger partial charge in [0.05, 0.1) is 41.3 Å². The summed E-state index contributed by atoms with van der Waals surface area (Å²) in [5.41, 5.74) is 4.34. The number of hydrogen-bond acceptors (Lipinski definition) is 4. The van der Waals surface area contributed by atoms with Gasteiger partial charge in [0, 0.05) is 0 Å². The van der Waals surface area contributed by atoms with Gasteiger partial charge < -0.3 is 14.0 Å². The number of amides is 1. The lowest BCUT2D eigenvalue weighted by molar-refractivity contribution is -0.883. The van der Waals surface area contributed by atoms with Crippen molar-refractivity contribution in [1.82, 2.24) is 0 Å². The van der Waals surface area contributed by atoms with Gasteiger partial charge in [0.15, 0.2) is 6.54 Å². The van der Waals surface area contributed by atoms with Gasteiger partial charge in [0.1, 0.15) is 11.5 Å². The Kier molecular flexibility index (Phi) is 34.9. The number of ether oxygens (including phenoxy) is 2. The fourth-order valence-electron chi connectivity index (χ4n) is 5.17. The van der Waals surface area contributed by atoms with Gasteiger partial charge in [-0.1, -0.05) is 132 Å². The smallest absolute Gasteiger partial charge is 0.422 e. The molecule has 0 aliphatic rings. The summed E-state index contributed by atoms with van der Waals surface area (Å²) in [5, 5.41) is 0. The number of nitrogens with zero attached hydrogens (tertiary/aromatic N) is 2. The number of likely N-dealkylation sites (N-methyl/N-ethyl adjacent to an activating group) is 1. The number of benzene rings is 2. The van der Waals surface area contributed by atoms with Gasteiger partial charge in [-0.15, -0.1) is 24.8 Å². The minimum absolute atomic E-state index is 0. The molecular weight excluding hydrogens is 703 g/mol. The molecule has 0 radical (unpaired) electrons. The van der Waals surface area contributed by atoms with Gasteiger partial charge in [0.2, 0.25) is 0 Å². The van der Waals surface area contributed by atoms with E-state index in [9.17, 15) is 9.59 Å². The van der Waals surface area contributed by atoms with Crippen molar-refractivity contribution < 1.29 is 28.0 Å². The minimum Gasteiger partial charge on any atom is -0.422 e. The minimum atomic E-state index is -0.200. The van der Waals surface area contributed by atoms with Gasteiger partial charge in [-0.05, 0) is 85.8 Å². The third-order valence-electron chi connectivity index (χ3n) is 8.46. The van der Waals surface area contributed by atoms with Crippen LogP contribution < -0.4 is 9.47 Å². The summed E-state index contributed by atoms with van der Waals surface area (Å²) >= 11 is 0. The van der Waals surface area contributed by atoms with E-state index in [0.717, 1.165) is 43.5 Å². The number of quaternary nitrogens is 2. The molecule has 0 spiro atoms. The van der Waals surface area contributed by atoms with Crippen molar-refractivity contribution >= 4 is 36.9 Å². The number of hydrogen-bond donors (Lipinski definition) is 0. The number of aryl methyl sites for hydroxylation is 2. The van der Waals surface area contributed by atoms with E-state index in [1.165, 1.54) is 56.1 Å². The first-order chi connectivity index (χ1) is 23.9. The largest absolute Gasteiger partial charge is 0.521 e. The van der Waals surface area contributed by atoms with Crippen LogP contribution in [0.3, 0.4) is 0 Å². The molecule has 0 heterocycles. The molecule has 0 bridgehead atoms. The highest BCUT2D eigenvalue weighted by Gasteiger charge is 2.29. The van der Waals surface area contributed by atoms with Crippen molar-refractivity contribution in [2.75, 3.05) is 47.8 Å². The third kappa shape index (κ3) is 26.3. The van der Waals surface area contributed by atoms with Crippen LogP contribution in [0, 0.1) is 13.8 Å². The predicted molar refractivity (Wildman–Crippen MR) is 236 cm³/mol. The van der Waals surface area contributed by atoms with E-state index in [4.69, 9.17) is 9.47 Å². The second-order valence-corrected chi connectivity index (χ2v) is 15.7. The second kappa shape index (κ2) is 32.2. The number of unbranched alkanes of at least 4 members (excludes halogenated alkanes) is 7. The Bertz CT molecular complexity index is 1230. The molecule has 0 aliphatic heterocycles. The van der Waals surface area contributed by atoms with Crippen LogP contribution in [0.25, 0.3) is 0 Å². The summed E-state index contributed by atoms with van der Waals surface area (Å²) in [6.45, 7) is 27.2. The molecule has 8 heteroatoms. The topological polar surface area (TPSA) is 52.6 Å². The molecule has 2 aromatic rings. The second-order valence-electron chi connectivity index (χ2n) is 15.7. The van der Waals surface area contributed by atoms with E-state index in [1.54, 1.807) is 0 Å². The number of carbonyl (C=O) groups is 2. The first kappa shape index (κ1) is 57.6. The average molecular weight is 788 g/mol. The Morgan fingerprint density at radius 2 is 0.925 bits per heavy atom. The molecule has 0 unspecified atom stereocenters. The zero-order valence-corrected chi connectivity index (χ0v) is 38.8. The summed E-state index contributed by atoms with van der Waals surface area (Å²) in [5.74, 6) is 1.98. The van der Waals surface area contributed by atoms with Crippen molar-refractivity contribution in [2.24, 2.45) is 0 Å². The molecule has 2 aromatic carbocycles. The van der Waals surface area contributed by atoms with Gasteiger partial charge in [0.25, 0.3) is 0 Å². The lowest BCUT2D eigenvalue weighted by Gasteiger charge is -2.28. The Hall–Kier alpha value is -2.12. The van der Waals surface area contributed by atoms with Crippen LogP contribution in [-0.2, 0) is 4.79 Å². The molecule has 0 aromatic heterocycles. The van der Waals surface area contributed by atoms with E-state index >= 15 is 0 Å². The van der Waals surface area contributed by atoms with Crippen molar-refractivity contribution in [1.29, 1.82) is 0 Å². The Morgan fingerprint density at radius 3 is 1.30 bits per heavy atom. The zero-order valence-electron chi connectivity index (χ0n) is 37.2. The molecule has 53 heavy (non-hydrogen) atoms. The maximum absolute atomic E-state index is 12.9. The molecule has 0 N–H and O–H groups in total. The van der Waals surface area contributed by atoms with E-state index in [2.05, 4.69) is 81.6 Å².